The summed E-state index contributed by atoms with van der Waals surface area (Å²) < 4.78 is 0. The SMILES string of the molecule is CCCNCC(C)CN(CC)Cc1ccccc1. The molecule has 2 nitrogen and oxygen atoms in total. The first-order valence-corrected chi connectivity index (χ1v) is 7.23. The summed E-state index contributed by atoms with van der Waals surface area (Å²) in [6.45, 7) is 12.4. The smallest absolute Gasteiger partial charge is 0.0233 e. The van der Waals surface area contributed by atoms with E-state index in [9.17, 15) is 0 Å². The van der Waals surface area contributed by atoms with E-state index in [4.69, 9.17) is 0 Å². The molecular formula is C16H28N2. The Balaban J connectivity index is 2.32. The van der Waals surface area contributed by atoms with Crippen LogP contribution in [0.15, 0.2) is 30.3 Å². The highest BCUT2D eigenvalue weighted by Crippen LogP contribution is 2.06. The Bertz CT molecular complexity index is 297. The minimum Gasteiger partial charge on any atom is -0.316 e. The maximum atomic E-state index is 3.50. The number of hydrogen-bond acceptors (Lipinski definition) is 2. The molecule has 1 rings (SSSR count). The summed E-state index contributed by atoms with van der Waals surface area (Å²) in [5, 5.41) is 3.50. The van der Waals surface area contributed by atoms with Gasteiger partial charge in [0.15, 0.2) is 0 Å². The maximum absolute atomic E-state index is 3.50. The molecule has 2 heteroatoms. The monoisotopic (exact) mass is 248 g/mol. The summed E-state index contributed by atoms with van der Waals surface area (Å²) in [7, 11) is 0. The van der Waals surface area contributed by atoms with Crippen molar-refractivity contribution in [2.75, 3.05) is 26.2 Å². The Morgan fingerprint density at radius 2 is 1.89 bits per heavy atom. The largest absolute Gasteiger partial charge is 0.316 e. The lowest BCUT2D eigenvalue weighted by Crippen LogP contribution is -2.33. The van der Waals surface area contributed by atoms with Gasteiger partial charge in [-0.15, -0.1) is 0 Å². The first-order chi connectivity index (χ1) is 8.76. The van der Waals surface area contributed by atoms with Gasteiger partial charge in [0.2, 0.25) is 0 Å². The van der Waals surface area contributed by atoms with Crippen LogP contribution in [0.3, 0.4) is 0 Å². The molecule has 0 radical (unpaired) electrons. The second-order valence-electron chi connectivity index (χ2n) is 5.12. The number of nitrogens with zero attached hydrogens (tertiary/aromatic N) is 1. The molecule has 0 aliphatic heterocycles. The van der Waals surface area contributed by atoms with Crippen LogP contribution in [0.4, 0.5) is 0 Å². The second kappa shape index (κ2) is 9.12. The van der Waals surface area contributed by atoms with Crippen molar-refractivity contribution in [1.82, 2.24) is 10.2 Å². The summed E-state index contributed by atoms with van der Waals surface area (Å²) in [5.74, 6) is 0.709. The molecule has 18 heavy (non-hydrogen) atoms. The van der Waals surface area contributed by atoms with E-state index in [-0.39, 0.29) is 0 Å². The van der Waals surface area contributed by atoms with E-state index in [1.165, 1.54) is 18.5 Å². The van der Waals surface area contributed by atoms with Crippen LogP contribution in [0, 0.1) is 5.92 Å². The molecular weight excluding hydrogens is 220 g/mol. The average molecular weight is 248 g/mol. The predicted molar refractivity (Wildman–Crippen MR) is 79.7 cm³/mol. The zero-order valence-corrected chi connectivity index (χ0v) is 12.2. The third-order valence-corrected chi connectivity index (χ3v) is 3.19. The molecule has 1 N–H and O–H groups in total. The molecule has 0 saturated heterocycles. The van der Waals surface area contributed by atoms with Crippen LogP contribution in [-0.2, 0) is 6.54 Å². The maximum Gasteiger partial charge on any atom is 0.0233 e. The fourth-order valence-electron chi connectivity index (χ4n) is 2.18. The summed E-state index contributed by atoms with van der Waals surface area (Å²) >= 11 is 0. The predicted octanol–water partition coefficient (Wildman–Crippen LogP) is 3.14. The highest BCUT2D eigenvalue weighted by atomic mass is 15.1. The van der Waals surface area contributed by atoms with Crippen LogP contribution < -0.4 is 5.32 Å². The van der Waals surface area contributed by atoms with Crippen molar-refractivity contribution in [3.8, 4) is 0 Å². The lowest BCUT2D eigenvalue weighted by molar-refractivity contribution is 0.238. The Morgan fingerprint density at radius 1 is 1.17 bits per heavy atom. The van der Waals surface area contributed by atoms with Crippen LogP contribution in [0.5, 0.6) is 0 Å². The minimum atomic E-state index is 0.709. The number of nitrogens with one attached hydrogen (secondary N) is 1. The molecule has 0 spiro atoms. The Kier molecular flexibility index (Phi) is 7.70. The third-order valence-electron chi connectivity index (χ3n) is 3.19. The van der Waals surface area contributed by atoms with Crippen molar-refractivity contribution >= 4 is 0 Å². The average Bonchev–Trinajstić information content (AvgIpc) is 2.39. The molecule has 1 aromatic carbocycles. The quantitative estimate of drug-likeness (QED) is 0.675. The summed E-state index contributed by atoms with van der Waals surface area (Å²) in [5.41, 5.74) is 1.41. The topological polar surface area (TPSA) is 15.3 Å². The standard InChI is InChI=1S/C16H28N2/c1-4-11-17-12-15(3)13-18(5-2)14-16-9-7-6-8-10-16/h6-10,15,17H,4-5,11-14H2,1-3H3. The summed E-state index contributed by atoms with van der Waals surface area (Å²) in [6.07, 6.45) is 1.22. The second-order valence-corrected chi connectivity index (χ2v) is 5.12. The third kappa shape index (κ3) is 6.18. The molecule has 0 fully saturated rings. The van der Waals surface area contributed by atoms with Gasteiger partial charge in [0, 0.05) is 13.1 Å². The van der Waals surface area contributed by atoms with Crippen LogP contribution in [0.2, 0.25) is 0 Å². The van der Waals surface area contributed by atoms with Crippen LogP contribution in [-0.4, -0.2) is 31.1 Å². The van der Waals surface area contributed by atoms with Gasteiger partial charge in [-0.2, -0.15) is 0 Å². The zero-order valence-electron chi connectivity index (χ0n) is 12.2. The number of rotatable bonds is 9. The van der Waals surface area contributed by atoms with Gasteiger partial charge in [0.1, 0.15) is 0 Å². The van der Waals surface area contributed by atoms with E-state index in [1.807, 2.05) is 0 Å². The van der Waals surface area contributed by atoms with Gasteiger partial charge < -0.3 is 5.32 Å². The highest BCUT2D eigenvalue weighted by molar-refractivity contribution is 5.14. The van der Waals surface area contributed by atoms with Crippen LogP contribution in [0.1, 0.15) is 32.8 Å². The fraction of sp³-hybridized carbons (Fsp3) is 0.625. The number of hydrogen-bond donors (Lipinski definition) is 1. The zero-order chi connectivity index (χ0) is 13.2. The summed E-state index contributed by atoms with van der Waals surface area (Å²) in [4.78, 5) is 2.52. The van der Waals surface area contributed by atoms with Crippen LogP contribution >= 0.6 is 0 Å². The van der Waals surface area contributed by atoms with Crippen LogP contribution in [0.25, 0.3) is 0 Å². The van der Waals surface area contributed by atoms with E-state index in [0.717, 1.165) is 26.2 Å². The molecule has 1 aromatic rings. The van der Waals surface area contributed by atoms with Crippen molar-refractivity contribution in [2.45, 2.75) is 33.7 Å². The molecule has 1 unspecified atom stereocenters. The highest BCUT2D eigenvalue weighted by Gasteiger charge is 2.08. The van der Waals surface area contributed by atoms with E-state index in [0.29, 0.717) is 5.92 Å². The van der Waals surface area contributed by atoms with Crippen molar-refractivity contribution < 1.29 is 0 Å². The Labute approximate surface area is 112 Å². The Morgan fingerprint density at radius 3 is 2.50 bits per heavy atom. The molecule has 0 aliphatic rings. The van der Waals surface area contributed by atoms with Gasteiger partial charge in [-0.25, -0.2) is 0 Å². The molecule has 0 amide bonds. The lowest BCUT2D eigenvalue weighted by Gasteiger charge is -2.24. The molecule has 102 valence electrons. The van der Waals surface area contributed by atoms with Gasteiger partial charge in [-0.05, 0) is 37.5 Å². The van der Waals surface area contributed by atoms with E-state index >= 15 is 0 Å². The van der Waals surface area contributed by atoms with Gasteiger partial charge in [0.05, 0.1) is 0 Å². The van der Waals surface area contributed by atoms with Gasteiger partial charge in [-0.1, -0.05) is 51.1 Å². The van der Waals surface area contributed by atoms with Crippen molar-refractivity contribution in [2.24, 2.45) is 5.92 Å². The molecule has 0 saturated carbocycles. The first-order valence-electron chi connectivity index (χ1n) is 7.23. The van der Waals surface area contributed by atoms with Gasteiger partial charge in [-0.3, -0.25) is 4.90 Å². The van der Waals surface area contributed by atoms with Crippen molar-refractivity contribution in [1.29, 1.82) is 0 Å². The lowest BCUT2D eigenvalue weighted by atomic mass is 10.1. The summed E-state index contributed by atoms with van der Waals surface area (Å²) in [6, 6.07) is 10.7. The molecule has 0 aliphatic carbocycles. The Hall–Kier alpha value is -0.860. The van der Waals surface area contributed by atoms with Gasteiger partial charge in [0.25, 0.3) is 0 Å². The van der Waals surface area contributed by atoms with E-state index < -0.39 is 0 Å². The van der Waals surface area contributed by atoms with Crippen molar-refractivity contribution in [3.05, 3.63) is 35.9 Å². The molecule has 0 aromatic heterocycles. The van der Waals surface area contributed by atoms with E-state index in [1.54, 1.807) is 0 Å². The van der Waals surface area contributed by atoms with Crippen molar-refractivity contribution in [3.63, 3.8) is 0 Å². The first kappa shape index (κ1) is 15.2. The molecule has 0 heterocycles. The van der Waals surface area contributed by atoms with E-state index in [2.05, 4.69) is 61.3 Å². The molecule has 0 bridgehead atoms. The fourth-order valence-corrected chi connectivity index (χ4v) is 2.18. The number of benzene rings is 1. The normalized spacial score (nSPS) is 12.9. The minimum absolute atomic E-state index is 0.709. The van der Waals surface area contributed by atoms with Gasteiger partial charge >= 0.3 is 0 Å². The molecule has 1 atom stereocenters.